The minimum atomic E-state index is -2.58. The number of methoxy groups -OCH3 is 2. The monoisotopic (exact) mass is 589 g/mol. The fraction of sp³-hybridized carbons (Fsp3) is 0.333. The quantitative estimate of drug-likeness (QED) is 0.380. The van der Waals surface area contributed by atoms with Crippen molar-refractivity contribution in [3.8, 4) is 11.5 Å². The summed E-state index contributed by atoms with van der Waals surface area (Å²) in [6.45, 7) is 8.61. The van der Waals surface area contributed by atoms with E-state index in [1.807, 2.05) is 12.1 Å². The molecule has 0 saturated carbocycles. The zero-order valence-corrected chi connectivity index (χ0v) is 25.1. The molecule has 0 aromatic heterocycles. The normalized spacial score (nSPS) is 26.6. The Kier molecular flexibility index (Phi) is 7.17. The van der Waals surface area contributed by atoms with Crippen molar-refractivity contribution in [3.63, 3.8) is 0 Å². The number of anilines is 1. The molecule has 0 amide bonds. The van der Waals surface area contributed by atoms with Gasteiger partial charge in [-0.05, 0) is 58.3 Å². The highest BCUT2D eigenvalue weighted by Crippen LogP contribution is 2.48. The maximum Gasteiger partial charge on any atom is 0.335 e. The van der Waals surface area contributed by atoms with Gasteiger partial charge in [0, 0.05) is 42.9 Å². The van der Waals surface area contributed by atoms with Crippen molar-refractivity contribution in [1.82, 2.24) is 0 Å². The predicted molar refractivity (Wildman–Crippen MR) is 164 cm³/mol. The lowest BCUT2D eigenvalue weighted by Crippen LogP contribution is -2.51. The Labute approximate surface area is 245 Å². The van der Waals surface area contributed by atoms with Crippen LogP contribution in [0.25, 0.3) is 5.57 Å². The van der Waals surface area contributed by atoms with Gasteiger partial charge in [-0.2, -0.15) is 0 Å². The predicted octanol–water partition coefficient (Wildman–Crippen LogP) is 5.01. The molecular formula is C33H35F2N2O4Si+. The first-order valence-corrected chi connectivity index (χ1v) is 16.8. The third kappa shape index (κ3) is 4.50. The van der Waals surface area contributed by atoms with Gasteiger partial charge in [-0.25, -0.2) is 18.2 Å². The molecule has 6 nitrogen and oxygen atoms in total. The van der Waals surface area contributed by atoms with Crippen LogP contribution in [0.2, 0.25) is 6.55 Å². The average molecular weight is 590 g/mol. The second-order valence-electron chi connectivity index (χ2n) is 11.5. The number of nitrogens with zero attached hydrogens (tertiary/aromatic N) is 2. The van der Waals surface area contributed by atoms with E-state index in [0.29, 0.717) is 56.1 Å². The van der Waals surface area contributed by atoms with Crippen molar-refractivity contribution < 1.29 is 32.7 Å². The molecule has 2 fully saturated rings. The van der Waals surface area contributed by atoms with Crippen LogP contribution >= 0.6 is 0 Å². The van der Waals surface area contributed by atoms with Crippen molar-refractivity contribution >= 4 is 36.2 Å². The van der Waals surface area contributed by atoms with Crippen molar-refractivity contribution in [2.75, 3.05) is 45.3 Å². The Bertz CT molecular complexity index is 1600. The first kappa shape index (κ1) is 28.2. The molecule has 0 bridgehead atoms. The zero-order valence-electron chi connectivity index (χ0n) is 24.1. The van der Waals surface area contributed by atoms with E-state index in [-0.39, 0.29) is 5.56 Å². The fourth-order valence-corrected chi connectivity index (χ4v) is 9.88. The largest absolute Gasteiger partial charge is 0.496 e. The Morgan fingerprint density at radius 2 is 1.86 bits per heavy atom. The van der Waals surface area contributed by atoms with Crippen molar-refractivity contribution in [2.45, 2.75) is 31.7 Å². The van der Waals surface area contributed by atoms with Crippen LogP contribution in [0.1, 0.15) is 34.3 Å². The number of hydrogen-bond donors (Lipinski definition) is 1. The van der Waals surface area contributed by atoms with Crippen LogP contribution in [-0.2, 0) is 0 Å². The van der Waals surface area contributed by atoms with E-state index in [1.165, 1.54) is 26.4 Å². The number of hydrogen-bond acceptors (Lipinski definition) is 4. The number of alkyl halides is 2. The molecule has 1 N–H and O–H groups in total. The van der Waals surface area contributed by atoms with E-state index in [4.69, 9.17) is 9.47 Å². The number of carboxylic acid groups (broad SMARTS) is 1. The maximum atomic E-state index is 14.2. The number of halogens is 2. The molecule has 2 aromatic rings. The van der Waals surface area contributed by atoms with Gasteiger partial charge in [0.15, 0.2) is 18.4 Å². The molecule has 0 spiro atoms. The summed E-state index contributed by atoms with van der Waals surface area (Å²) in [5.41, 5.74) is 7.54. The molecule has 3 aliphatic heterocycles. The van der Waals surface area contributed by atoms with E-state index in [1.54, 1.807) is 0 Å². The average Bonchev–Trinajstić information content (AvgIpc) is 3.64. The third-order valence-electron chi connectivity index (χ3n) is 9.07. The number of allylic oxidation sites excluding steroid dienone is 5. The molecular weight excluding hydrogens is 554 g/mol. The highest BCUT2D eigenvalue weighted by Gasteiger charge is 2.44. The number of benzene rings is 2. The molecule has 4 aliphatic rings. The van der Waals surface area contributed by atoms with Crippen LogP contribution in [0.4, 0.5) is 14.5 Å². The Balaban J connectivity index is 1.66. The van der Waals surface area contributed by atoms with Gasteiger partial charge in [0.05, 0.1) is 25.3 Å². The molecule has 2 aromatic carbocycles. The number of rotatable bonds is 6. The Morgan fingerprint density at radius 3 is 2.43 bits per heavy atom. The van der Waals surface area contributed by atoms with Crippen LogP contribution in [0.3, 0.4) is 0 Å². The van der Waals surface area contributed by atoms with Crippen LogP contribution in [0.5, 0.6) is 11.5 Å². The second kappa shape index (κ2) is 10.7. The molecule has 2 saturated heterocycles. The fourth-order valence-electron chi connectivity index (χ4n) is 6.72. The van der Waals surface area contributed by atoms with Gasteiger partial charge in [-0.3, -0.25) is 0 Å². The van der Waals surface area contributed by atoms with E-state index >= 15 is 0 Å². The molecule has 6 rings (SSSR count). The van der Waals surface area contributed by atoms with Gasteiger partial charge in [0.25, 0.3) is 0 Å². The Morgan fingerprint density at radius 1 is 1.12 bits per heavy atom. The summed E-state index contributed by atoms with van der Waals surface area (Å²) in [5, 5.41) is 12.0. The van der Waals surface area contributed by atoms with Gasteiger partial charge in [-0.15, -0.1) is 6.58 Å². The summed E-state index contributed by atoms with van der Waals surface area (Å²) >= 11 is 0. The van der Waals surface area contributed by atoms with E-state index in [2.05, 4.69) is 52.6 Å². The van der Waals surface area contributed by atoms with Crippen LogP contribution in [0, 0.1) is 0 Å². The first-order valence-electron chi connectivity index (χ1n) is 14.3. The number of carbonyl (C=O) groups is 1. The molecule has 3 atom stereocenters. The highest BCUT2D eigenvalue weighted by atomic mass is 28.3. The minimum Gasteiger partial charge on any atom is -0.496 e. The number of aromatic carboxylic acids is 1. The van der Waals surface area contributed by atoms with Crippen LogP contribution in [0.15, 0.2) is 71.6 Å². The summed E-state index contributed by atoms with van der Waals surface area (Å²) in [6, 6.07) is 9.32. The summed E-state index contributed by atoms with van der Waals surface area (Å²) < 4.78 is 42.1. The lowest BCUT2D eigenvalue weighted by Gasteiger charge is -2.39. The van der Waals surface area contributed by atoms with Crippen molar-refractivity contribution in [3.05, 3.63) is 88.3 Å². The van der Waals surface area contributed by atoms with Gasteiger partial charge < -0.3 is 19.5 Å². The maximum absolute atomic E-state index is 14.2. The molecule has 0 radical (unpaired) electrons. The first-order chi connectivity index (χ1) is 20.2. The molecule has 1 aliphatic carbocycles. The number of ether oxygens (including phenoxy) is 2. The van der Waals surface area contributed by atoms with Crippen molar-refractivity contribution in [2.24, 2.45) is 0 Å². The van der Waals surface area contributed by atoms with Gasteiger partial charge in [0.2, 0.25) is 0 Å². The van der Waals surface area contributed by atoms with Gasteiger partial charge in [0.1, 0.15) is 32.3 Å². The summed E-state index contributed by atoms with van der Waals surface area (Å²) in [6.07, 6.45) is 5.60. The zero-order chi connectivity index (χ0) is 29.8. The van der Waals surface area contributed by atoms with E-state index in [0.717, 1.165) is 38.5 Å². The van der Waals surface area contributed by atoms with Gasteiger partial charge in [-0.1, -0.05) is 18.3 Å². The lowest BCUT2D eigenvalue weighted by atomic mass is 9.88. The Hall–Kier alpha value is -3.98. The number of carboxylic acids is 1. The van der Waals surface area contributed by atoms with Crippen LogP contribution < -0.4 is 19.6 Å². The second-order valence-corrected chi connectivity index (χ2v) is 15.4. The SMILES string of the molecule is C=C[Si]1(C)C2=CC(=[N+]3CCC(F)C3)C=CC2=C(c2c(OC)cc(C(=O)O)cc2OC)c2ccc(N3CCC(F)C3)cc21. The standard InChI is InChI=1S/C33H34F2N2O4Si/c1-5-42(4)29-16-23(36-12-10-21(34)18-36)6-8-25(29)31(32-27(40-2)14-20(33(38)39)15-28(32)41-3)26-9-7-24(17-30(26)42)37-13-11-22(35)19-37/h5-9,14-17,21-22H,1,10-13,18-19H2,2-4H3/p+1. The highest BCUT2D eigenvalue weighted by molar-refractivity contribution is 7.02. The molecule has 9 heteroatoms. The smallest absolute Gasteiger partial charge is 0.335 e. The molecule has 218 valence electrons. The topological polar surface area (TPSA) is 62.0 Å². The summed E-state index contributed by atoms with van der Waals surface area (Å²) in [4.78, 5) is 14.0. The summed E-state index contributed by atoms with van der Waals surface area (Å²) in [5.74, 6) is -0.312. The molecule has 42 heavy (non-hydrogen) atoms. The molecule has 3 unspecified atom stereocenters. The number of fused-ring (bicyclic) bond motifs is 2. The van der Waals surface area contributed by atoms with Gasteiger partial charge >= 0.3 is 5.97 Å². The lowest BCUT2D eigenvalue weighted by molar-refractivity contribution is -0.507. The summed E-state index contributed by atoms with van der Waals surface area (Å²) in [7, 11) is 0.456. The van der Waals surface area contributed by atoms with E-state index < -0.39 is 26.4 Å². The van der Waals surface area contributed by atoms with E-state index in [9.17, 15) is 18.7 Å². The molecule has 3 heterocycles. The van der Waals surface area contributed by atoms with Crippen LogP contribution in [-0.4, -0.2) is 82.2 Å². The van der Waals surface area contributed by atoms with Crippen molar-refractivity contribution in [1.29, 1.82) is 0 Å². The third-order valence-corrected chi connectivity index (χ3v) is 12.9. The minimum absolute atomic E-state index is 0.0601.